The Morgan fingerprint density at radius 1 is 0.667 bits per heavy atom. The number of halogens is 6. The molecular formula is C27H23F6N2P. The van der Waals surface area contributed by atoms with Crippen LogP contribution in [-0.4, -0.2) is 9.55 Å². The molecule has 0 fully saturated rings. The Morgan fingerprint density at radius 3 is 1.50 bits per heavy atom. The van der Waals surface area contributed by atoms with Crippen LogP contribution in [0.4, 0.5) is 26.3 Å². The Balaban J connectivity index is 2.05. The van der Waals surface area contributed by atoms with Gasteiger partial charge < -0.3 is 0 Å². The van der Waals surface area contributed by atoms with Gasteiger partial charge in [-0.3, -0.25) is 4.57 Å². The molecule has 0 aliphatic heterocycles. The number of imidazole rings is 1. The summed E-state index contributed by atoms with van der Waals surface area (Å²) < 4.78 is 83.3. The zero-order valence-corrected chi connectivity index (χ0v) is 20.6. The molecule has 1 heterocycles. The zero-order chi connectivity index (χ0) is 26.3. The van der Waals surface area contributed by atoms with Gasteiger partial charge in [0.1, 0.15) is 5.57 Å². The van der Waals surface area contributed by atoms with Crippen LogP contribution in [-0.2, 0) is 17.8 Å². The second-order valence-electron chi connectivity index (χ2n) is 9.32. The third-order valence-corrected chi connectivity index (χ3v) is 7.88. The third-order valence-electron chi connectivity index (χ3n) is 5.54. The highest BCUT2D eigenvalue weighted by molar-refractivity contribution is 7.79. The van der Waals surface area contributed by atoms with Gasteiger partial charge >= 0.3 is 12.4 Å². The quantitative estimate of drug-likeness (QED) is 0.210. The minimum absolute atomic E-state index is 0.141. The van der Waals surface area contributed by atoms with Crippen molar-refractivity contribution in [3.63, 3.8) is 0 Å². The van der Waals surface area contributed by atoms with Crippen LogP contribution < -0.4 is 16.2 Å². The lowest BCUT2D eigenvalue weighted by Gasteiger charge is -2.21. The van der Waals surface area contributed by atoms with Crippen molar-refractivity contribution in [2.24, 2.45) is 0 Å². The van der Waals surface area contributed by atoms with Gasteiger partial charge in [0.2, 0.25) is 0 Å². The van der Waals surface area contributed by atoms with Gasteiger partial charge in [-0.1, -0.05) is 81.4 Å². The van der Waals surface area contributed by atoms with Crippen molar-refractivity contribution >= 4 is 24.1 Å². The van der Waals surface area contributed by atoms with Gasteiger partial charge in [0.15, 0.2) is 0 Å². The topological polar surface area (TPSA) is 17.8 Å². The Kier molecular flexibility index (Phi) is 6.78. The van der Waals surface area contributed by atoms with Crippen LogP contribution in [0.15, 0.2) is 85.1 Å². The summed E-state index contributed by atoms with van der Waals surface area (Å²) >= 11 is 0. The summed E-state index contributed by atoms with van der Waals surface area (Å²) in [4.78, 5) is 4.82. The molecule has 0 saturated carbocycles. The first kappa shape index (κ1) is 26.0. The molecule has 0 aliphatic rings. The molecule has 0 amide bonds. The van der Waals surface area contributed by atoms with Crippen LogP contribution in [0, 0.1) is 0 Å². The van der Waals surface area contributed by atoms with Crippen molar-refractivity contribution in [1.29, 1.82) is 0 Å². The highest BCUT2D eigenvalue weighted by Crippen LogP contribution is 2.39. The second-order valence-corrected chi connectivity index (χ2v) is 11.4. The summed E-state index contributed by atoms with van der Waals surface area (Å²) in [6, 6.07) is 20.3. The van der Waals surface area contributed by atoms with Crippen molar-refractivity contribution in [1.82, 2.24) is 9.55 Å². The van der Waals surface area contributed by atoms with Gasteiger partial charge in [0, 0.05) is 25.2 Å². The highest BCUT2D eigenvalue weighted by Gasteiger charge is 2.38. The number of benzene rings is 3. The smallest absolute Gasteiger partial charge is 0.299 e. The van der Waals surface area contributed by atoms with Crippen LogP contribution in [0.3, 0.4) is 0 Å². The number of alkyl halides is 6. The predicted molar refractivity (Wildman–Crippen MR) is 131 cm³/mol. The van der Waals surface area contributed by atoms with Crippen LogP contribution in [0.1, 0.15) is 37.6 Å². The molecule has 1 aromatic heterocycles. The zero-order valence-electron chi connectivity index (χ0n) is 19.7. The first-order valence-electron chi connectivity index (χ1n) is 11.0. The van der Waals surface area contributed by atoms with E-state index in [1.165, 1.54) is 4.57 Å². The minimum Gasteiger partial charge on any atom is -0.299 e. The van der Waals surface area contributed by atoms with Crippen LogP contribution in [0.2, 0.25) is 0 Å². The maximum atomic E-state index is 13.6. The van der Waals surface area contributed by atoms with E-state index in [1.54, 1.807) is 6.20 Å². The lowest BCUT2D eigenvalue weighted by atomic mass is 9.93. The molecule has 0 radical (unpaired) electrons. The highest BCUT2D eigenvalue weighted by atomic mass is 31.1. The Morgan fingerprint density at radius 2 is 1.11 bits per heavy atom. The normalized spacial score (nSPS) is 12.8. The predicted octanol–water partition coefficient (Wildman–Crippen LogP) is 6.97. The van der Waals surface area contributed by atoms with E-state index in [-0.39, 0.29) is 11.8 Å². The lowest BCUT2D eigenvalue weighted by Crippen LogP contribution is -2.28. The second kappa shape index (κ2) is 9.40. The lowest BCUT2D eigenvalue weighted by molar-refractivity contribution is -0.143. The number of rotatable bonds is 4. The number of nitrogens with zero attached hydrogens (tertiary/aromatic N) is 2. The first-order valence-corrected chi connectivity index (χ1v) is 12.4. The summed E-state index contributed by atoms with van der Waals surface area (Å²) in [6.07, 6.45) is -8.35. The minimum atomic E-state index is -4.95. The van der Waals surface area contributed by atoms with E-state index in [2.05, 4.69) is 0 Å². The van der Waals surface area contributed by atoms with Crippen molar-refractivity contribution in [3.8, 4) is 5.69 Å². The van der Waals surface area contributed by atoms with Crippen LogP contribution in [0.5, 0.6) is 0 Å². The van der Waals surface area contributed by atoms with E-state index in [1.807, 2.05) is 81.4 Å². The molecule has 188 valence electrons. The first-order chi connectivity index (χ1) is 16.7. The largest absolute Gasteiger partial charge is 0.416 e. The van der Waals surface area contributed by atoms with Crippen LogP contribution in [0.25, 0.3) is 5.69 Å². The summed E-state index contributed by atoms with van der Waals surface area (Å²) in [5.41, 5.74) is -2.53. The summed E-state index contributed by atoms with van der Waals surface area (Å²) in [7, 11) is -1.40. The van der Waals surface area contributed by atoms with Gasteiger partial charge in [-0.05, 0) is 28.8 Å². The van der Waals surface area contributed by atoms with Gasteiger partial charge in [-0.15, -0.1) is 0 Å². The Bertz CT molecular complexity index is 1270. The van der Waals surface area contributed by atoms with E-state index >= 15 is 0 Å². The molecule has 36 heavy (non-hydrogen) atoms. The molecule has 0 aliphatic carbocycles. The molecule has 4 rings (SSSR count). The van der Waals surface area contributed by atoms with Gasteiger partial charge in [0.05, 0.1) is 16.8 Å². The number of hydrogen-bond donors (Lipinski definition) is 0. The molecule has 3 aromatic carbocycles. The maximum absolute atomic E-state index is 13.6. The fourth-order valence-electron chi connectivity index (χ4n) is 3.69. The molecule has 4 aromatic rings. The van der Waals surface area contributed by atoms with Gasteiger partial charge in [-0.2, -0.15) is 26.3 Å². The van der Waals surface area contributed by atoms with Crippen LogP contribution >= 0.6 is 7.92 Å². The summed E-state index contributed by atoms with van der Waals surface area (Å²) in [5.74, 6) is 0. The molecule has 0 saturated heterocycles. The van der Waals surface area contributed by atoms with E-state index in [0.29, 0.717) is 11.3 Å². The molecular weight excluding hydrogens is 497 g/mol. The van der Waals surface area contributed by atoms with Crippen molar-refractivity contribution in [2.75, 3.05) is 0 Å². The van der Waals surface area contributed by atoms with Gasteiger partial charge in [-0.25, -0.2) is 4.98 Å². The van der Waals surface area contributed by atoms with Crippen molar-refractivity contribution < 1.29 is 26.3 Å². The molecule has 0 unspecified atom stereocenters. The Hall–Kier alpha value is -3.12. The van der Waals surface area contributed by atoms with E-state index in [0.717, 1.165) is 22.7 Å². The van der Waals surface area contributed by atoms with Gasteiger partial charge in [0.25, 0.3) is 0 Å². The summed E-state index contributed by atoms with van der Waals surface area (Å²) in [6.45, 7) is 5.68. The molecule has 0 N–H and O–H groups in total. The standard InChI is InChI=1S/C27H23F6N2P/c1-25(2,3)23-17-35(20-15-18(26(28,29)30)14-19(16-20)27(31,32)33)24(34-23)36(21-10-6-4-7-11-21)22-12-8-5-9-13-22/h4-17H,1-3H3. The van der Waals surface area contributed by atoms with E-state index in [4.69, 9.17) is 4.98 Å². The fraction of sp³-hybridized carbons (Fsp3) is 0.222. The van der Waals surface area contributed by atoms with E-state index in [9.17, 15) is 26.3 Å². The average Bonchev–Trinajstić information content (AvgIpc) is 3.25. The Labute approximate surface area is 206 Å². The summed E-state index contributed by atoms with van der Waals surface area (Å²) in [5, 5.41) is 1.74. The third kappa shape index (κ3) is 5.49. The SMILES string of the molecule is CC(C)(C)c1cn(-c2cc(C(F)(F)F)cc(C(F)(F)F)c2)c(P(c2ccccc2)c2ccccc2)n1. The average molecular weight is 520 g/mol. The van der Waals surface area contributed by atoms with Crippen molar-refractivity contribution in [2.45, 2.75) is 38.5 Å². The molecule has 0 atom stereocenters. The number of aromatic nitrogens is 2. The number of hydrogen-bond acceptors (Lipinski definition) is 1. The maximum Gasteiger partial charge on any atom is 0.416 e. The molecule has 9 heteroatoms. The molecule has 2 nitrogen and oxygen atoms in total. The monoisotopic (exact) mass is 520 g/mol. The van der Waals surface area contributed by atoms with Crippen molar-refractivity contribution in [3.05, 3.63) is 102 Å². The molecule has 0 bridgehead atoms. The molecule has 0 spiro atoms. The fourth-order valence-corrected chi connectivity index (χ4v) is 5.99. The van der Waals surface area contributed by atoms with E-state index < -0.39 is 36.8 Å².